The van der Waals surface area contributed by atoms with Gasteiger partial charge in [0.25, 0.3) is 5.91 Å². The predicted octanol–water partition coefficient (Wildman–Crippen LogP) is 0.729. The molecule has 1 aliphatic rings. The Morgan fingerprint density at radius 1 is 0.537 bits per heavy atom. The molecule has 82 heavy (non-hydrogen) atoms. The van der Waals surface area contributed by atoms with Gasteiger partial charge in [0.2, 0.25) is 11.8 Å². The first kappa shape index (κ1) is 66.2. The molecule has 11 N–H and O–H groups in total. The molecular weight excluding hydrogens is 1080 g/mol. The van der Waals surface area contributed by atoms with Gasteiger partial charge >= 0.3 is 47.8 Å². The highest BCUT2D eigenvalue weighted by Gasteiger charge is 2.30. The number of nitrogens with zero attached hydrogens (tertiary/aromatic N) is 6. The number of carboxylic acid groups (broad SMARTS) is 7. The molecule has 1 aliphatic heterocycles. The number of carboxylic acids is 7. The van der Waals surface area contributed by atoms with Gasteiger partial charge in [0.15, 0.2) is 0 Å². The van der Waals surface area contributed by atoms with E-state index in [4.69, 9.17) is 5.11 Å². The molecule has 0 radical (unpaired) electrons. The largest absolute Gasteiger partial charge is 0.481 e. The number of rotatable bonds is 33. The third-order valence-electron chi connectivity index (χ3n) is 13.6. The summed E-state index contributed by atoms with van der Waals surface area (Å²) in [5.41, 5.74) is 1.64. The van der Waals surface area contributed by atoms with E-state index in [9.17, 15) is 83.4 Å². The standard InChI is InChI=1S/C54H74N10O18/c65-44(10-3-5-20-56-45(66)17-16-43(53(80)81)63-29-27-61(34-48(71)72)25-23-60(33-47(69)70)24-26-62(28-30-63)35-49(73)74)57-31-36-11-13-38(14-12-36)50(75)64(32-42-39-8-2-1-7-37(39)19-21-55-42)22-6-4-9-40(51(76)77)58-54(82)59-41(52(78)79)15-18-46(67)68/h1-2,7-8,11-14,19,21,40-41,43H,3-6,9-10,15-18,20,22-35H2,(H,56,66)(H,57,65)(H,67,68)(H,69,70)(H,71,72)(H,73,74)(H,76,77)(H,78,79)(H,80,81)(H2,58,59,82)/t40-,41-,43?/m1/s1. The normalized spacial score (nSPS) is 15.1. The molecule has 0 spiro atoms. The minimum Gasteiger partial charge on any atom is -0.481 e. The Morgan fingerprint density at radius 3 is 1.63 bits per heavy atom. The quantitative estimate of drug-likeness (QED) is 0.0374. The molecule has 0 aliphatic carbocycles. The Morgan fingerprint density at radius 2 is 1.09 bits per heavy atom. The van der Waals surface area contributed by atoms with Gasteiger partial charge in [-0.3, -0.25) is 62.9 Å². The van der Waals surface area contributed by atoms with Crippen LogP contribution in [0, 0.1) is 0 Å². The first-order valence-electron chi connectivity index (χ1n) is 26.9. The fourth-order valence-electron chi connectivity index (χ4n) is 9.14. The number of aliphatic carboxylic acids is 7. The summed E-state index contributed by atoms with van der Waals surface area (Å²) in [5.74, 6) is -9.76. The maximum atomic E-state index is 14.1. The van der Waals surface area contributed by atoms with Crippen molar-refractivity contribution < 1.29 is 88.5 Å². The number of carbonyl (C=O) groups is 11. The lowest BCUT2D eigenvalue weighted by Gasteiger charge is -2.35. The first-order chi connectivity index (χ1) is 39.1. The maximum Gasteiger partial charge on any atom is 0.326 e. The van der Waals surface area contributed by atoms with E-state index in [2.05, 4.69) is 26.3 Å². The Hall–Kier alpha value is -8.34. The van der Waals surface area contributed by atoms with Crippen LogP contribution in [0.5, 0.6) is 0 Å². The van der Waals surface area contributed by atoms with Crippen molar-refractivity contribution in [2.75, 3.05) is 85.1 Å². The summed E-state index contributed by atoms with van der Waals surface area (Å²) in [6.45, 7) is 0.522. The molecule has 0 saturated carbocycles. The summed E-state index contributed by atoms with van der Waals surface area (Å²) in [6.07, 6.45) is 1.80. The van der Waals surface area contributed by atoms with Gasteiger partial charge in [0, 0.05) is 108 Å². The SMILES string of the molecule is O=C(O)CC[C@@H](NC(=O)N[C@H](CCCCN(Cc1nccc2ccccc12)C(=O)c1ccc(CNC(=O)CCCCNC(=O)CCC(C(=O)O)N2CCN(CC(=O)O)CCN(CC(=O)O)CCN(CC(=O)O)CC2)cc1)C(=O)O)C(=O)O. The zero-order valence-electron chi connectivity index (χ0n) is 45.5. The topological polar surface area (TPSA) is 407 Å². The van der Waals surface area contributed by atoms with Crippen molar-refractivity contribution in [3.63, 3.8) is 0 Å². The third-order valence-corrected chi connectivity index (χ3v) is 13.6. The lowest BCUT2D eigenvalue weighted by Crippen LogP contribution is -2.52. The smallest absolute Gasteiger partial charge is 0.326 e. The molecule has 2 aromatic carbocycles. The molecule has 3 aromatic rings. The van der Waals surface area contributed by atoms with Gasteiger partial charge in [-0.1, -0.05) is 36.4 Å². The second kappa shape index (κ2) is 34.7. The van der Waals surface area contributed by atoms with E-state index in [1.54, 1.807) is 55.0 Å². The van der Waals surface area contributed by atoms with E-state index < -0.39 is 84.7 Å². The van der Waals surface area contributed by atoms with E-state index >= 15 is 0 Å². The highest BCUT2D eigenvalue weighted by molar-refractivity contribution is 5.95. The Bertz CT molecular complexity index is 2640. The Labute approximate surface area is 472 Å². The third kappa shape index (κ3) is 24.6. The number of nitrogens with one attached hydrogen (secondary N) is 4. The van der Waals surface area contributed by atoms with Gasteiger partial charge in [0.1, 0.15) is 18.1 Å². The van der Waals surface area contributed by atoms with Crippen LogP contribution in [-0.4, -0.2) is 234 Å². The van der Waals surface area contributed by atoms with Crippen LogP contribution in [-0.2, 0) is 56.2 Å². The van der Waals surface area contributed by atoms with E-state index in [0.717, 1.165) is 10.8 Å². The van der Waals surface area contributed by atoms with Gasteiger partial charge in [-0.15, -0.1) is 0 Å². The van der Waals surface area contributed by atoms with Crippen LogP contribution in [0.2, 0.25) is 0 Å². The summed E-state index contributed by atoms with van der Waals surface area (Å²) in [5, 5.41) is 78.5. The average molecular weight is 1150 g/mol. The summed E-state index contributed by atoms with van der Waals surface area (Å²) in [6, 6.07) is 10.7. The molecule has 28 nitrogen and oxygen atoms in total. The van der Waals surface area contributed by atoms with Gasteiger partial charge in [-0.05, 0) is 74.1 Å². The monoisotopic (exact) mass is 1150 g/mol. The molecule has 1 unspecified atom stereocenters. The lowest BCUT2D eigenvalue weighted by molar-refractivity contribution is -0.145. The molecule has 0 bridgehead atoms. The molecule has 2 heterocycles. The lowest BCUT2D eigenvalue weighted by atomic mass is 10.1. The summed E-state index contributed by atoms with van der Waals surface area (Å²) in [4.78, 5) is 147. The van der Waals surface area contributed by atoms with Crippen molar-refractivity contribution in [3.05, 3.63) is 77.6 Å². The summed E-state index contributed by atoms with van der Waals surface area (Å²) >= 11 is 0. The highest BCUT2D eigenvalue weighted by atomic mass is 16.4. The predicted molar refractivity (Wildman–Crippen MR) is 291 cm³/mol. The van der Waals surface area contributed by atoms with Crippen molar-refractivity contribution >= 4 is 76.3 Å². The van der Waals surface area contributed by atoms with Crippen molar-refractivity contribution in [2.24, 2.45) is 0 Å². The fourth-order valence-corrected chi connectivity index (χ4v) is 9.14. The number of hydrogen-bond acceptors (Lipinski definition) is 16. The van der Waals surface area contributed by atoms with Crippen LogP contribution in [0.3, 0.4) is 0 Å². The molecule has 1 fully saturated rings. The van der Waals surface area contributed by atoms with Crippen molar-refractivity contribution in [1.29, 1.82) is 0 Å². The summed E-state index contributed by atoms with van der Waals surface area (Å²) in [7, 11) is 0. The maximum absolute atomic E-state index is 14.1. The van der Waals surface area contributed by atoms with Gasteiger partial charge in [-0.25, -0.2) is 14.4 Å². The van der Waals surface area contributed by atoms with Crippen LogP contribution < -0.4 is 21.3 Å². The molecule has 4 rings (SSSR count). The highest BCUT2D eigenvalue weighted by Crippen LogP contribution is 2.20. The van der Waals surface area contributed by atoms with Crippen LogP contribution >= 0.6 is 0 Å². The minimum atomic E-state index is -1.56. The number of amides is 5. The van der Waals surface area contributed by atoms with Crippen LogP contribution in [0.4, 0.5) is 4.79 Å². The fraction of sp³-hybridized carbons (Fsp3) is 0.519. The van der Waals surface area contributed by atoms with Crippen LogP contribution in [0.25, 0.3) is 10.8 Å². The number of hydrogen-bond donors (Lipinski definition) is 11. The van der Waals surface area contributed by atoms with Crippen LogP contribution in [0.1, 0.15) is 85.8 Å². The number of urea groups is 1. The van der Waals surface area contributed by atoms with Crippen molar-refractivity contribution in [2.45, 2.75) is 95.4 Å². The van der Waals surface area contributed by atoms with Crippen molar-refractivity contribution in [3.8, 4) is 0 Å². The molecule has 28 heteroatoms. The molecule has 3 atom stereocenters. The van der Waals surface area contributed by atoms with E-state index in [1.807, 2.05) is 30.3 Å². The summed E-state index contributed by atoms with van der Waals surface area (Å²) < 4.78 is 0. The molecular formula is C54H74N10O18. The average Bonchev–Trinajstić information content (AvgIpc) is 3.49. The number of pyridine rings is 1. The Kier molecular flexibility index (Phi) is 28.0. The zero-order chi connectivity index (χ0) is 60.1. The number of fused-ring (bicyclic) bond motifs is 1. The molecule has 448 valence electrons. The zero-order valence-corrected chi connectivity index (χ0v) is 45.5. The van der Waals surface area contributed by atoms with Gasteiger partial charge in [0.05, 0.1) is 31.9 Å². The van der Waals surface area contributed by atoms with E-state index in [0.29, 0.717) is 36.1 Å². The second-order valence-electron chi connectivity index (χ2n) is 19.8. The van der Waals surface area contributed by atoms with Gasteiger partial charge in [-0.2, -0.15) is 0 Å². The Balaban J connectivity index is 1.27. The number of carbonyl (C=O) groups excluding carboxylic acids is 4. The van der Waals surface area contributed by atoms with E-state index in [-0.39, 0.29) is 142 Å². The molecule has 1 aromatic heterocycles. The minimum absolute atomic E-state index is 0.0704. The van der Waals surface area contributed by atoms with Gasteiger partial charge < -0.3 is 61.9 Å². The first-order valence-corrected chi connectivity index (χ1v) is 26.9. The molecule has 5 amide bonds. The van der Waals surface area contributed by atoms with Crippen LogP contribution in [0.15, 0.2) is 60.8 Å². The van der Waals surface area contributed by atoms with E-state index in [1.165, 1.54) is 0 Å². The number of aromatic nitrogens is 1. The molecule has 1 saturated heterocycles. The second-order valence-corrected chi connectivity index (χ2v) is 19.8. The number of unbranched alkanes of at least 4 members (excludes halogenated alkanes) is 2. The number of benzene rings is 2. The van der Waals surface area contributed by atoms with Crippen molar-refractivity contribution in [1.82, 2.24) is 50.8 Å².